The first-order valence-corrected chi connectivity index (χ1v) is 10.2. The molecule has 2 aliphatic heterocycles. The highest BCUT2D eigenvalue weighted by Crippen LogP contribution is 2.40. The summed E-state index contributed by atoms with van der Waals surface area (Å²) in [5.41, 5.74) is 0. The first-order valence-electron chi connectivity index (χ1n) is 8.26. The minimum absolute atomic E-state index is 0.218. The lowest BCUT2D eigenvalue weighted by Crippen LogP contribution is -2.45. The molecule has 5 nitrogen and oxygen atoms in total. The molecule has 3 heterocycles. The van der Waals surface area contributed by atoms with Crippen LogP contribution in [-0.4, -0.2) is 57.8 Å². The van der Waals surface area contributed by atoms with E-state index in [0.717, 1.165) is 61.5 Å². The van der Waals surface area contributed by atoms with Gasteiger partial charge in [0, 0.05) is 61.1 Å². The molecule has 0 atom stereocenters. The SMILES string of the molecule is O=C(C1CCN(c2nc(C3CC3)ns2)CC1)N1CCSCC1. The minimum atomic E-state index is 0.218. The number of anilines is 1. The normalized spacial score (nSPS) is 23.8. The third-order valence-corrected chi connectivity index (χ3v) is 6.54. The number of aromatic nitrogens is 2. The molecular weight excluding hydrogens is 316 g/mol. The lowest BCUT2D eigenvalue weighted by atomic mass is 9.95. The molecule has 1 aliphatic carbocycles. The summed E-state index contributed by atoms with van der Waals surface area (Å²) in [5.74, 6) is 4.47. The average molecular weight is 339 g/mol. The van der Waals surface area contributed by atoms with E-state index < -0.39 is 0 Å². The van der Waals surface area contributed by atoms with Crippen LogP contribution in [0.2, 0.25) is 0 Å². The molecule has 3 fully saturated rings. The fourth-order valence-corrected chi connectivity index (χ4v) is 4.92. The molecule has 0 aromatic carbocycles. The van der Waals surface area contributed by atoms with Crippen molar-refractivity contribution in [2.75, 3.05) is 42.6 Å². The summed E-state index contributed by atoms with van der Waals surface area (Å²) in [6.45, 7) is 3.76. The Morgan fingerprint density at radius 2 is 1.77 bits per heavy atom. The standard InChI is InChI=1S/C15H22N4OS2/c20-14(18-7-9-21-10-8-18)12-3-5-19(6-4-12)15-16-13(17-22-15)11-1-2-11/h11-12H,1-10H2. The van der Waals surface area contributed by atoms with Gasteiger partial charge in [-0.3, -0.25) is 4.79 Å². The number of carbonyl (C=O) groups is 1. The molecule has 120 valence electrons. The molecule has 4 rings (SSSR count). The summed E-state index contributed by atoms with van der Waals surface area (Å²) in [6.07, 6.45) is 4.42. The van der Waals surface area contributed by atoms with Gasteiger partial charge in [-0.1, -0.05) is 0 Å². The highest BCUT2D eigenvalue weighted by atomic mass is 32.2. The van der Waals surface area contributed by atoms with Crippen LogP contribution >= 0.6 is 23.3 Å². The van der Waals surface area contributed by atoms with Gasteiger partial charge in [0.1, 0.15) is 5.82 Å². The van der Waals surface area contributed by atoms with Crippen LogP contribution in [0.15, 0.2) is 0 Å². The maximum atomic E-state index is 12.6. The van der Waals surface area contributed by atoms with Crippen molar-refractivity contribution in [3.8, 4) is 0 Å². The van der Waals surface area contributed by atoms with Crippen LogP contribution in [0.4, 0.5) is 5.13 Å². The topological polar surface area (TPSA) is 49.3 Å². The zero-order valence-corrected chi connectivity index (χ0v) is 14.4. The van der Waals surface area contributed by atoms with Gasteiger partial charge in [0.2, 0.25) is 11.0 Å². The zero-order chi connectivity index (χ0) is 14.9. The quantitative estimate of drug-likeness (QED) is 0.846. The maximum absolute atomic E-state index is 12.6. The average Bonchev–Trinajstić information content (AvgIpc) is 3.32. The molecule has 0 N–H and O–H groups in total. The number of piperidine rings is 1. The van der Waals surface area contributed by atoms with Crippen molar-refractivity contribution in [3.05, 3.63) is 5.82 Å². The summed E-state index contributed by atoms with van der Waals surface area (Å²) in [7, 11) is 0. The lowest BCUT2D eigenvalue weighted by Gasteiger charge is -2.35. The van der Waals surface area contributed by atoms with Crippen LogP contribution in [0.5, 0.6) is 0 Å². The molecular formula is C15H22N4OS2. The number of hydrogen-bond donors (Lipinski definition) is 0. The number of carbonyl (C=O) groups excluding carboxylic acids is 1. The molecule has 0 bridgehead atoms. The largest absolute Gasteiger partial charge is 0.347 e. The summed E-state index contributed by atoms with van der Waals surface area (Å²) in [4.78, 5) is 21.7. The first-order chi connectivity index (χ1) is 10.8. The summed E-state index contributed by atoms with van der Waals surface area (Å²) >= 11 is 3.48. The van der Waals surface area contributed by atoms with Crippen LogP contribution in [0, 0.1) is 5.92 Å². The highest BCUT2D eigenvalue weighted by molar-refractivity contribution is 7.99. The van der Waals surface area contributed by atoms with Gasteiger partial charge in [-0.2, -0.15) is 16.1 Å². The predicted octanol–water partition coefficient (Wildman–Crippen LogP) is 2.21. The van der Waals surface area contributed by atoms with E-state index in [2.05, 4.69) is 14.2 Å². The van der Waals surface area contributed by atoms with Crippen molar-refractivity contribution in [1.82, 2.24) is 14.3 Å². The van der Waals surface area contributed by atoms with Gasteiger partial charge in [0.25, 0.3) is 0 Å². The molecule has 1 amide bonds. The Bertz CT molecular complexity index is 531. The molecule has 0 unspecified atom stereocenters. The summed E-state index contributed by atoms with van der Waals surface area (Å²) in [5, 5.41) is 1.06. The number of hydrogen-bond acceptors (Lipinski definition) is 6. The van der Waals surface area contributed by atoms with E-state index in [0.29, 0.717) is 11.8 Å². The van der Waals surface area contributed by atoms with Gasteiger partial charge in [0.15, 0.2) is 0 Å². The Hall–Kier alpha value is -0.820. The molecule has 7 heteroatoms. The van der Waals surface area contributed by atoms with Crippen LogP contribution in [0.3, 0.4) is 0 Å². The molecule has 1 aromatic rings. The number of thioether (sulfide) groups is 1. The molecule has 1 saturated carbocycles. The van der Waals surface area contributed by atoms with Crippen molar-refractivity contribution in [1.29, 1.82) is 0 Å². The van der Waals surface area contributed by atoms with Gasteiger partial charge in [-0.25, -0.2) is 4.98 Å². The van der Waals surface area contributed by atoms with Crippen LogP contribution in [0.1, 0.15) is 37.4 Å². The Morgan fingerprint density at radius 3 is 2.45 bits per heavy atom. The van der Waals surface area contributed by atoms with E-state index in [1.807, 2.05) is 11.8 Å². The van der Waals surface area contributed by atoms with E-state index in [-0.39, 0.29) is 5.92 Å². The summed E-state index contributed by atoms with van der Waals surface area (Å²) < 4.78 is 4.49. The minimum Gasteiger partial charge on any atom is -0.347 e. The first kappa shape index (κ1) is 14.8. The predicted molar refractivity (Wildman–Crippen MR) is 90.7 cm³/mol. The van der Waals surface area contributed by atoms with Crippen molar-refractivity contribution in [2.45, 2.75) is 31.6 Å². The number of amides is 1. The lowest BCUT2D eigenvalue weighted by molar-refractivity contribution is -0.135. The van der Waals surface area contributed by atoms with Gasteiger partial charge >= 0.3 is 0 Å². The van der Waals surface area contributed by atoms with Gasteiger partial charge in [0.05, 0.1) is 0 Å². The second kappa shape index (κ2) is 6.35. The Kier molecular flexibility index (Phi) is 4.26. The Morgan fingerprint density at radius 1 is 1.05 bits per heavy atom. The molecule has 22 heavy (non-hydrogen) atoms. The second-order valence-corrected chi connectivity index (χ2v) is 8.36. The van der Waals surface area contributed by atoms with E-state index in [1.165, 1.54) is 24.4 Å². The van der Waals surface area contributed by atoms with Crippen molar-refractivity contribution < 1.29 is 4.79 Å². The van der Waals surface area contributed by atoms with Crippen LogP contribution < -0.4 is 4.90 Å². The Labute approximate surface area is 139 Å². The van der Waals surface area contributed by atoms with Gasteiger partial charge < -0.3 is 9.80 Å². The summed E-state index contributed by atoms with van der Waals surface area (Å²) in [6, 6.07) is 0. The Balaban J connectivity index is 1.32. The fourth-order valence-electron chi connectivity index (χ4n) is 3.22. The van der Waals surface area contributed by atoms with Gasteiger partial charge in [-0.05, 0) is 25.7 Å². The van der Waals surface area contributed by atoms with E-state index >= 15 is 0 Å². The fraction of sp³-hybridized carbons (Fsp3) is 0.800. The smallest absolute Gasteiger partial charge is 0.225 e. The van der Waals surface area contributed by atoms with Crippen LogP contribution in [0.25, 0.3) is 0 Å². The van der Waals surface area contributed by atoms with E-state index in [1.54, 1.807) is 0 Å². The molecule has 2 saturated heterocycles. The van der Waals surface area contributed by atoms with Crippen molar-refractivity contribution in [2.24, 2.45) is 5.92 Å². The molecule has 3 aliphatic rings. The molecule has 0 spiro atoms. The van der Waals surface area contributed by atoms with Crippen LogP contribution in [-0.2, 0) is 4.79 Å². The zero-order valence-electron chi connectivity index (χ0n) is 12.7. The van der Waals surface area contributed by atoms with Crippen molar-refractivity contribution >= 4 is 34.3 Å². The maximum Gasteiger partial charge on any atom is 0.225 e. The molecule has 0 radical (unpaired) electrons. The number of nitrogens with zero attached hydrogens (tertiary/aromatic N) is 4. The van der Waals surface area contributed by atoms with E-state index in [9.17, 15) is 4.79 Å². The van der Waals surface area contributed by atoms with E-state index in [4.69, 9.17) is 4.98 Å². The highest BCUT2D eigenvalue weighted by Gasteiger charge is 2.32. The second-order valence-electron chi connectivity index (χ2n) is 6.41. The third kappa shape index (κ3) is 3.11. The van der Waals surface area contributed by atoms with Gasteiger partial charge in [-0.15, -0.1) is 0 Å². The van der Waals surface area contributed by atoms with Crippen molar-refractivity contribution in [3.63, 3.8) is 0 Å². The monoisotopic (exact) mass is 338 g/mol. The molecule has 1 aromatic heterocycles. The third-order valence-electron chi connectivity index (χ3n) is 4.81. The number of rotatable bonds is 3.